The lowest BCUT2D eigenvalue weighted by Crippen LogP contribution is -2.49. The smallest absolute Gasteiger partial charge is 0.406 e. The Balaban J connectivity index is 1.45. The van der Waals surface area contributed by atoms with Crippen LogP contribution in [-0.2, 0) is 10.0 Å². The molecule has 0 radical (unpaired) electrons. The summed E-state index contributed by atoms with van der Waals surface area (Å²) in [6, 6.07) is 13.5. The average Bonchev–Trinajstić information content (AvgIpc) is 3.12. The van der Waals surface area contributed by atoms with E-state index < -0.39 is 40.3 Å². The molecule has 0 aliphatic heterocycles. The van der Waals surface area contributed by atoms with Gasteiger partial charge in [-0.2, -0.15) is 0 Å². The van der Waals surface area contributed by atoms with Crippen molar-refractivity contribution in [1.82, 2.24) is 9.29 Å². The molecule has 5 rings (SSSR count). The van der Waals surface area contributed by atoms with Crippen LogP contribution in [0.4, 0.5) is 13.2 Å². The molecule has 1 saturated carbocycles. The lowest BCUT2D eigenvalue weighted by atomic mass is 9.88. The Morgan fingerprint density at radius 2 is 1.49 bits per heavy atom. The fraction of sp³-hybridized carbons (Fsp3) is 0.280. The third kappa shape index (κ3) is 5.26. The van der Waals surface area contributed by atoms with E-state index in [4.69, 9.17) is 23.2 Å². The topological polar surface area (TPSA) is 80.6 Å². The molecule has 0 saturated heterocycles. The van der Waals surface area contributed by atoms with Crippen molar-refractivity contribution in [2.24, 2.45) is 0 Å². The van der Waals surface area contributed by atoms with Gasteiger partial charge in [-0.15, -0.1) is 13.2 Å². The van der Waals surface area contributed by atoms with E-state index in [0.29, 0.717) is 29.3 Å². The molecule has 1 unspecified atom stereocenters. The second kappa shape index (κ2) is 9.67. The minimum atomic E-state index is -4.89. The van der Waals surface area contributed by atoms with Gasteiger partial charge in [-0.1, -0.05) is 23.2 Å². The Morgan fingerprint density at radius 3 is 2.03 bits per heavy atom. The first-order valence-electron chi connectivity index (χ1n) is 11.4. The molecule has 3 aromatic carbocycles. The van der Waals surface area contributed by atoms with E-state index in [1.54, 1.807) is 12.1 Å². The maximum absolute atomic E-state index is 13.0. The fourth-order valence-electron chi connectivity index (χ4n) is 5.01. The SMILES string of the molecule is O=S(=O)(N[C@@H]1CCCC(n2c3ccc(Cl)cc3c3cc(Cl)ccc32)[C@H]1O)c1ccc(OC(F)(F)F)cc1. The molecule has 1 aliphatic rings. The quantitative estimate of drug-likeness (QED) is 0.288. The number of hydrogen-bond acceptors (Lipinski definition) is 4. The number of halogens is 5. The summed E-state index contributed by atoms with van der Waals surface area (Å²) < 4.78 is 71.6. The van der Waals surface area contributed by atoms with Crippen molar-refractivity contribution in [2.45, 2.75) is 48.7 Å². The number of aliphatic hydroxyl groups is 1. The van der Waals surface area contributed by atoms with E-state index >= 15 is 0 Å². The van der Waals surface area contributed by atoms with Gasteiger partial charge < -0.3 is 14.4 Å². The third-order valence-electron chi connectivity index (χ3n) is 6.55. The molecule has 12 heteroatoms. The van der Waals surface area contributed by atoms with Crippen LogP contribution < -0.4 is 9.46 Å². The summed E-state index contributed by atoms with van der Waals surface area (Å²) in [5.74, 6) is -0.532. The number of alkyl halides is 3. The first-order valence-corrected chi connectivity index (χ1v) is 13.6. The fourth-order valence-corrected chi connectivity index (χ4v) is 6.64. The van der Waals surface area contributed by atoms with Crippen molar-refractivity contribution in [3.8, 4) is 5.75 Å². The number of rotatable bonds is 5. The van der Waals surface area contributed by atoms with E-state index in [9.17, 15) is 26.7 Å². The standard InChI is InChI=1S/C25H21Cl2F3N2O4S/c26-14-4-10-21-18(12-14)19-13-15(27)5-11-22(19)32(21)23-3-1-2-20(24(23)33)31-37(34,35)17-8-6-16(7-9-17)36-25(28,29)30/h4-13,20,23-24,31,33H,1-3H2/t20-,23?,24+/m1/s1. The number of sulfonamides is 1. The molecule has 4 aromatic rings. The first-order chi connectivity index (χ1) is 17.4. The molecule has 2 N–H and O–H groups in total. The molecule has 6 nitrogen and oxygen atoms in total. The Bertz CT molecular complexity index is 1510. The van der Waals surface area contributed by atoms with Gasteiger partial charge in [0.1, 0.15) is 5.75 Å². The number of fused-ring (bicyclic) bond motifs is 3. The van der Waals surface area contributed by atoms with Crippen molar-refractivity contribution in [3.63, 3.8) is 0 Å². The molecular formula is C25H21Cl2F3N2O4S. The van der Waals surface area contributed by atoms with E-state index in [-0.39, 0.29) is 4.90 Å². The summed E-state index contributed by atoms with van der Waals surface area (Å²) in [6.45, 7) is 0. The van der Waals surface area contributed by atoms with E-state index in [1.165, 1.54) is 0 Å². The molecule has 1 heterocycles. The Morgan fingerprint density at radius 1 is 0.919 bits per heavy atom. The molecule has 1 fully saturated rings. The molecule has 37 heavy (non-hydrogen) atoms. The summed E-state index contributed by atoms with van der Waals surface area (Å²) >= 11 is 12.5. The van der Waals surface area contributed by atoms with E-state index in [2.05, 4.69) is 9.46 Å². The Labute approximate surface area is 220 Å². The molecular weight excluding hydrogens is 552 g/mol. The number of nitrogens with one attached hydrogen (secondary N) is 1. The minimum absolute atomic E-state index is 0.238. The second-order valence-electron chi connectivity index (χ2n) is 8.93. The number of aromatic nitrogens is 1. The zero-order chi connectivity index (χ0) is 26.5. The highest BCUT2D eigenvalue weighted by molar-refractivity contribution is 7.89. The van der Waals surface area contributed by atoms with Crippen molar-refractivity contribution in [2.75, 3.05) is 0 Å². The Kier molecular flexibility index (Phi) is 6.82. The lowest BCUT2D eigenvalue weighted by molar-refractivity contribution is -0.274. The van der Waals surface area contributed by atoms with Crippen molar-refractivity contribution < 1.29 is 31.4 Å². The van der Waals surface area contributed by atoms with Crippen LogP contribution in [0, 0.1) is 0 Å². The van der Waals surface area contributed by atoms with Crippen molar-refractivity contribution in [3.05, 3.63) is 70.7 Å². The summed E-state index contributed by atoms with van der Waals surface area (Å²) in [5, 5.41) is 14.2. The van der Waals surface area contributed by atoms with E-state index in [1.807, 2.05) is 28.8 Å². The van der Waals surface area contributed by atoms with Crippen LogP contribution in [0.3, 0.4) is 0 Å². The molecule has 0 spiro atoms. The van der Waals surface area contributed by atoms with Gasteiger partial charge in [-0.05, 0) is 79.9 Å². The Hall–Kier alpha value is -2.50. The molecule has 196 valence electrons. The van der Waals surface area contributed by atoms with Gasteiger partial charge in [0, 0.05) is 31.9 Å². The van der Waals surface area contributed by atoms with Crippen LogP contribution >= 0.6 is 23.2 Å². The molecule has 3 atom stereocenters. The predicted molar refractivity (Wildman–Crippen MR) is 136 cm³/mol. The van der Waals surface area contributed by atoms with Gasteiger partial charge in [0.25, 0.3) is 0 Å². The summed E-state index contributed by atoms with van der Waals surface area (Å²) in [5.41, 5.74) is 1.66. The highest BCUT2D eigenvalue weighted by Gasteiger charge is 2.37. The summed E-state index contributed by atoms with van der Waals surface area (Å²) in [4.78, 5) is -0.238. The molecule has 0 amide bonds. The third-order valence-corrected chi connectivity index (χ3v) is 8.53. The van der Waals surface area contributed by atoms with Crippen LogP contribution in [0.5, 0.6) is 5.75 Å². The highest BCUT2D eigenvalue weighted by Crippen LogP contribution is 2.40. The maximum atomic E-state index is 13.0. The zero-order valence-electron chi connectivity index (χ0n) is 19.0. The van der Waals surface area contributed by atoms with Crippen LogP contribution in [0.25, 0.3) is 21.8 Å². The highest BCUT2D eigenvalue weighted by atomic mass is 35.5. The van der Waals surface area contributed by atoms with E-state index in [0.717, 1.165) is 46.1 Å². The van der Waals surface area contributed by atoms with Crippen LogP contribution in [0.15, 0.2) is 65.6 Å². The van der Waals surface area contributed by atoms with Crippen molar-refractivity contribution in [1.29, 1.82) is 0 Å². The van der Waals surface area contributed by atoms with Gasteiger partial charge in [-0.25, -0.2) is 13.1 Å². The van der Waals surface area contributed by atoms with Crippen LogP contribution in [0.1, 0.15) is 25.3 Å². The number of ether oxygens (including phenoxy) is 1. The number of nitrogens with zero attached hydrogens (tertiary/aromatic N) is 1. The van der Waals surface area contributed by atoms with Crippen molar-refractivity contribution >= 4 is 55.0 Å². The van der Waals surface area contributed by atoms with Gasteiger partial charge in [-0.3, -0.25) is 0 Å². The van der Waals surface area contributed by atoms with Gasteiger partial charge in [0.2, 0.25) is 10.0 Å². The number of aliphatic hydroxyl groups excluding tert-OH is 1. The summed E-state index contributed by atoms with van der Waals surface area (Å²) in [6.07, 6.45) is -4.34. The van der Waals surface area contributed by atoms with Crippen LogP contribution in [-0.4, -0.2) is 36.6 Å². The van der Waals surface area contributed by atoms with Crippen LogP contribution in [0.2, 0.25) is 10.0 Å². The van der Waals surface area contributed by atoms with Gasteiger partial charge in [0.05, 0.1) is 23.1 Å². The normalized spacial score (nSPS) is 21.0. The second-order valence-corrected chi connectivity index (χ2v) is 11.5. The first kappa shape index (κ1) is 26.1. The lowest BCUT2D eigenvalue weighted by Gasteiger charge is -2.36. The average molecular weight is 573 g/mol. The maximum Gasteiger partial charge on any atom is 0.573 e. The summed E-state index contributed by atoms with van der Waals surface area (Å²) in [7, 11) is -4.13. The predicted octanol–water partition coefficient (Wildman–Crippen LogP) is 6.43. The molecule has 0 bridgehead atoms. The minimum Gasteiger partial charge on any atom is -0.406 e. The van der Waals surface area contributed by atoms with Gasteiger partial charge in [0.15, 0.2) is 0 Å². The molecule has 1 aliphatic carbocycles. The molecule has 1 aromatic heterocycles. The number of benzene rings is 3. The number of hydrogen-bond donors (Lipinski definition) is 2. The van der Waals surface area contributed by atoms with Gasteiger partial charge >= 0.3 is 6.36 Å². The largest absolute Gasteiger partial charge is 0.573 e. The zero-order valence-corrected chi connectivity index (χ0v) is 21.4. The monoisotopic (exact) mass is 572 g/mol.